The van der Waals surface area contributed by atoms with E-state index in [1.54, 1.807) is 18.2 Å². The number of nitro benzene ring substituents is 1. The molecule has 1 amide bonds. The average molecular weight is 488 g/mol. The summed E-state index contributed by atoms with van der Waals surface area (Å²) in [7, 11) is 0. The molecule has 9 heteroatoms. The fourth-order valence-corrected chi connectivity index (χ4v) is 4.85. The minimum atomic E-state index is -0.779. The van der Waals surface area contributed by atoms with Crippen LogP contribution in [0, 0.1) is 17.0 Å². The Kier molecular flexibility index (Phi) is 5.45. The van der Waals surface area contributed by atoms with Gasteiger partial charge in [0.2, 0.25) is 5.78 Å². The largest absolute Gasteiger partial charge is 0.357 e. The van der Waals surface area contributed by atoms with E-state index < -0.39 is 28.1 Å². The van der Waals surface area contributed by atoms with Crippen LogP contribution in [-0.4, -0.2) is 33.9 Å². The number of aryl methyl sites for hydroxylation is 1. The molecular formula is C26H18ClN3O5. The van der Waals surface area contributed by atoms with Crippen molar-refractivity contribution >= 4 is 45.7 Å². The van der Waals surface area contributed by atoms with Gasteiger partial charge in [-0.05, 0) is 37.1 Å². The highest BCUT2D eigenvalue weighted by Gasteiger charge is 2.38. The molecule has 1 aromatic heterocycles. The number of nitro groups is 1. The first kappa shape index (κ1) is 22.5. The fourth-order valence-electron chi connectivity index (χ4n) is 4.63. The molecule has 5 rings (SSSR count). The molecule has 2 N–H and O–H groups in total. The molecule has 3 aromatic carbocycles. The molecule has 0 radical (unpaired) electrons. The SMILES string of the molecule is Cc1[nH]c2c(Cl)cccc2c1CCNC(=O)c1ccc2c(c1[N+](=O)[O-])C(=O)c1ccccc1C2=O. The lowest BCUT2D eigenvalue weighted by Gasteiger charge is -2.18. The second kappa shape index (κ2) is 8.48. The molecule has 0 saturated heterocycles. The predicted octanol–water partition coefficient (Wildman–Crippen LogP) is 4.79. The number of carbonyl (C=O) groups excluding carboxylic acids is 3. The van der Waals surface area contributed by atoms with Crippen molar-refractivity contribution in [1.82, 2.24) is 10.3 Å². The predicted molar refractivity (Wildman–Crippen MR) is 130 cm³/mol. The number of para-hydroxylation sites is 1. The summed E-state index contributed by atoms with van der Waals surface area (Å²) < 4.78 is 0. The van der Waals surface area contributed by atoms with Crippen molar-refractivity contribution in [3.8, 4) is 0 Å². The highest BCUT2D eigenvalue weighted by atomic mass is 35.5. The van der Waals surface area contributed by atoms with Crippen LogP contribution in [0.4, 0.5) is 5.69 Å². The Bertz CT molecular complexity index is 1590. The van der Waals surface area contributed by atoms with Gasteiger partial charge < -0.3 is 10.3 Å². The Morgan fingerprint density at radius 1 is 1.00 bits per heavy atom. The third-order valence-corrected chi connectivity index (χ3v) is 6.57. The van der Waals surface area contributed by atoms with E-state index in [2.05, 4.69) is 10.3 Å². The Morgan fingerprint density at radius 2 is 1.71 bits per heavy atom. The maximum Gasteiger partial charge on any atom is 0.294 e. The van der Waals surface area contributed by atoms with Gasteiger partial charge >= 0.3 is 0 Å². The number of aromatic amines is 1. The zero-order chi connectivity index (χ0) is 24.9. The first-order chi connectivity index (χ1) is 16.8. The maximum absolute atomic E-state index is 13.1. The van der Waals surface area contributed by atoms with Gasteiger partial charge in [0, 0.05) is 34.3 Å². The van der Waals surface area contributed by atoms with Crippen molar-refractivity contribution in [2.24, 2.45) is 0 Å². The normalized spacial score (nSPS) is 12.4. The van der Waals surface area contributed by atoms with Crippen LogP contribution in [-0.2, 0) is 6.42 Å². The molecule has 35 heavy (non-hydrogen) atoms. The fraction of sp³-hybridized carbons (Fsp3) is 0.115. The van der Waals surface area contributed by atoms with Crippen LogP contribution >= 0.6 is 11.6 Å². The van der Waals surface area contributed by atoms with Gasteiger partial charge in [-0.1, -0.05) is 48.0 Å². The van der Waals surface area contributed by atoms with Gasteiger partial charge in [0.05, 0.1) is 15.5 Å². The lowest BCUT2D eigenvalue weighted by Crippen LogP contribution is -2.29. The van der Waals surface area contributed by atoms with Crippen molar-refractivity contribution in [1.29, 1.82) is 0 Å². The Morgan fingerprint density at radius 3 is 2.43 bits per heavy atom. The van der Waals surface area contributed by atoms with E-state index in [1.807, 2.05) is 19.1 Å². The lowest BCUT2D eigenvalue weighted by atomic mass is 9.82. The number of nitrogens with zero attached hydrogens (tertiary/aromatic N) is 1. The topological polar surface area (TPSA) is 122 Å². The molecule has 174 valence electrons. The quantitative estimate of drug-likeness (QED) is 0.273. The zero-order valence-corrected chi connectivity index (χ0v) is 19.2. The van der Waals surface area contributed by atoms with Crippen LogP contribution in [0.25, 0.3) is 10.9 Å². The van der Waals surface area contributed by atoms with Crippen molar-refractivity contribution in [3.63, 3.8) is 0 Å². The van der Waals surface area contributed by atoms with E-state index in [4.69, 9.17) is 11.6 Å². The van der Waals surface area contributed by atoms with Crippen molar-refractivity contribution in [3.05, 3.63) is 109 Å². The summed E-state index contributed by atoms with van der Waals surface area (Å²) in [6.45, 7) is 2.10. The lowest BCUT2D eigenvalue weighted by molar-refractivity contribution is -0.385. The number of hydrogen-bond donors (Lipinski definition) is 2. The minimum Gasteiger partial charge on any atom is -0.357 e. The van der Waals surface area contributed by atoms with Crippen LogP contribution in [0.3, 0.4) is 0 Å². The number of rotatable bonds is 5. The summed E-state index contributed by atoms with van der Waals surface area (Å²) in [5.74, 6) is -1.84. The Balaban J connectivity index is 1.45. The van der Waals surface area contributed by atoms with Gasteiger partial charge in [-0.25, -0.2) is 0 Å². The summed E-state index contributed by atoms with van der Waals surface area (Å²) in [6.07, 6.45) is 0.460. The Labute approximate surface area is 204 Å². The first-order valence-corrected chi connectivity index (χ1v) is 11.2. The monoisotopic (exact) mass is 487 g/mol. The molecule has 0 fully saturated rings. The first-order valence-electron chi connectivity index (χ1n) is 10.8. The van der Waals surface area contributed by atoms with Crippen LogP contribution in [0.2, 0.25) is 5.02 Å². The molecule has 0 aliphatic heterocycles. The summed E-state index contributed by atoms with van der Waals surface area (Å²) in [4.78, 5) is 53.4. The minimum absolute atomic E-state index is 0.0803. The number of amides is 1. The number of carbonyl (C=O) groups is 3. The van der Waals surface area contributed by atoms with Crippen LogP contribution in [0.15, 0.2) is 54.6 Å². The van der Waals surface area contributed by atoms with E-state index in [0.717, 1.165) is 22.2 Å². The summed E-state index contributed by atoms with van der Waals surface area (Å²) in [6, 6.07) is 14.2. The molecule has 0 saturated carbocycles. The van der Waals surface area contributed by atoms with E-state index in [0.29, 0.717) is 11.4 Å². The second-order valence-corrected chi connectivity index (χ2v) is 8.65. The molecule has 1 aliphatic carbocycles. The summed E-state index contributed by atoms with van der Waals surface area (Å²) in [5.41, 5.74) is 1.59. The van der Waals surface area contributed by atoms with E-state index in [1.165, 1.54) is 24.3 Å². The summed E-state index contributed by atoms with van der Waals surface area (Å²) in [5, 5.41) is 16.2. The van der Waals surface area contributed by atoms with E-state index in [9.17, 15) is 24.5 Å². The zero-order valence-electron chi connectivity index (χ0n) is 18.5. The molecule has 1 heterocycles. The van der Waals surface area contributed by atoms with Crippen LogP contribution in [0.1, 0.15) is 53.5 Å². The number of hydrogen-bond acceptors (Lipinski definition) is 5. The van der Waals surface area contributed by atoms with Gasteiger partial charge in [-0.15, -0.1) is 0 Å². The molecule has 0 atom stereocenters. The molecule has 0 bridgehead atoms. The second-order valence-electron chi connectivity index (χ2n) is 8.24. The molecule has 4 aromatic rings. The third kappa shape index (κ3) is 3.59. The van der Waals surface area contributed by atoms with E-state index >= 15 is 0 Å². The number of aromatic nitrogens is 1. The van der Waals surface area contributed by atoms with Gasteiger partial charge in [0.25, 0.3) is 11.6 Å². The van der Waals surface area contributed by atoms with Gasteiger partial charge in [-0.2, -0.15) is 0 Å². The van der Waals surface area contributed by atoms with Gasteiger partial charge in [0.1, 0.15) is 11.1 Å². The highest BCUT2D eigenvalue weighted by molar-refractivity contribution is 6.35. The van der Waals surface area contributed by atoms with Crippen LogP contribution in [0.5, 0.6) is 0 Å². The molecule has 8 nitrogen and oxygen atoms in total. The van der Waals surface area contributed by atoms with E-state index in [-0.39, 0.29) is 34.4 Å². The number of H-pyrrole nitrogens is 1. The highest BCUT2D eigenvalue weighted by Crippen LogP contribution is 2.35. The molecular weight excluding hydrogens is 470 g/mol. The number of fused-ring (bicyclic) bond motifs is 3. The number of nitrogens with one attached hydrogen (secondary N) is 2. The smallest absolute Gasteiger partial charge is 0.294 e. The van der Waals surface area contributed by atoms with Crippen molar-refractivity contribution in [2.45, 2.75) is 13.3 Å². The standard InChI is InChI=1S/C26H18ClN3O5/c1-13-14(15-7-4-8-20(27)22(15)29-13)11-12-28-26(33)19-10-9-18-21(23(19)30(34)35)25(32)17-6-3-2-5-16(17)24(18)31/h2-10,29H,11-12H2,1H3,(H,28,33). The third-order valence-electron chi connectivity index (χ3n) is 6.26. The maximum atomic E-state index is 13.1. The number of ketones is 2. The van der Waals surface area contributed by atoms with Gasteiger partial charge in [0.15, 0.2) is 5.78 Å². The molecule has 0 unspecified atom stereocenters. The van der Waals surface area contributed by atoms with Crippen molar-refractivity contribution < 1.29 is 19.3 Å². The van der Waals surface area contributed by atoms with Gasteiger partial charge in [-0.3, -0.25) is 24.5 Å². The number of benzene rings is 3. The number of halogens is 1. The molecule has 0 spiro atoms. The average Bonchev–Trinajstić information content (AvgIpc) is 3.18. The molecule has 1 aliphatic rings. The summed E-state index contributed by atoms with van der Waals surface area (Å²) >= 11 is 6.25. The van der Waals surface area contributed by atoms with Crippen LogP contribution < -0.4 is 5.32 Å². The Hall–Kier alpha value is -4.30. The van der Waals surface area contributed by atoms with Crippen molar-refractivity contribution in [2.75, 3.05) is 6.54 Å².